The van der Waals surface area contributed by atoms with Crippen LogP contribution in [0.2, 0.25) is 10.0 Å². The van der Waals surface area contributed by atoms with Gasteiger partial charge in [-0.1, -0.05) is 47.5 Å². The summed E-state index contributed by atoms with van der Waals surface area (Å²) < 4.78 is 7.47. The third-order valence-electron chi connectivity index (χ3n) is 4.18. The molecule has 1 atom stereocenters. The molecule has 1 N–H and O–H groups in total. The van der Waals surface area contributed by atoms with Gasteiger partial charge in [0.1, 0.15) is 18.7 Å². The van der Waals surface area contributed by atoms with Crippen LogP contribution in [0.1, 0.15) is 23.6 Å². The number of benzene rings is 2. The van der Waals surface area contributed by atoms with Crippen LogP contribution in [-0.4, -0.2) is 20.7 Å². The molecule has 0 saturated carbocycles. The molecule has 0 saturated heterocycles. The molecule has 1 amide bonds. The van der Waals surface area contributed by atoms with Crippen molar-refractivity contribution in [3.05, 3.63) is 70.0 Å². The molecule has 1 unspecified atom stereocenters. The van der Waals surface area contributed by atoms with Gasteiger partial charge in [0.2, 0.25) is 11.9 Å². The van der Waals surface area contributed by atoms with Gasteiger partial charge < -0.3 is 4.74 Å². The number of halogens is 2. The lowest BCUT2D eigenvalue weighted by molar-refractivity contribution is -0.117. The number of aromatic nitrogens is 3. The first-order chi connectivity index (χ1) is 12.6. The van der Waals surface area contributed by atoms with E-state index in [2.05, 4.69) is 15.4 Å². The van der Waals surface area contributed by atoms with E-state index >= 15 is 0 Å². The van der Waals surface area contributed by atoms with Crippen molar-refractivity contribution >= 4 is 35.1 Å². The Balaban J connectivity index is 1.55. The van der Waals surface area contributed by atoms with Crippen molar-refractivity contribution < 1.29 is 9.53 Å². The SMILES string of the molecule is O=C1CC(c2ccc(OCc3ccccc3Cl)c(Cl)c2)n2ncnc2N1. The van der Waals surface area contributed by atoms with Gasteiger partial charge >= 0.3 is 0 Å². The van der Waals surface area contributed by atoms with Gasteiger partial charge in [0.15, 0.2) is 0 Å². The summed E-state index contributed by atoms with van der Waals surface area (Å²) in [6, 6.07) is 12.7. The van der Waals surface area contributed by atoms with Crippen molar-refractivity contribution in [2.75, 3.05) is 5.32 Å². The number of fused-ring (bicyclic) bond motifs is 1. The van der Waals surface area contributed by atoms with E-state index in [1.807, 2.05) is 30.3 Å². The van der Waals surface area contributed by atoms with Crippen molar-refractivity contribution in [3.63, 3.8) is 0 Å². The van der Waals surface area contributed by atoms with Gasteiger partial charge in [0.25, 0.3) is 0 Å². The van der Waals surface area contributed by atoms with Crippen LogP contribution in [-0.2, 0) is 11.4 Å². The first kappa shape index (κ1) is 16.9. The highest BCUT2D eigenvalue weighted by atomic mass is 35.5. The van der Waals surface area contributed by atoms with Crippen molar-refractivity contribution in [1.29, 1.82) is 0 Å². The Morgan fingerprint density at radius 3 is 2.85 bits per heavy atom. The number of anilines is 1. The molecular formula is C18H14Cl2N4O2. The van der Waals surface area contributed by atoms with Crippen molar-refractivity contribution in [3.8, 4) is 5.75 Å². The summed E-state index contributed by atoms with van der Waals surface area (Å²) in [6.07, 6.45) is 1.68. The van der Waals surface area contributed by atoms with Crippen molar-refractivity contribution in [2.45, 2.75) is 19.1 Å². The Morgan fingerprint density at radius 1 is 1.19 bits per heavy atom. The minimum Gasteiger partial charge on any atom is -0.487 e. The molecule has 1 aromatic heterocycles. The zero-order valence-corrected chi connectivity index (χ0v) is 15.0. The molecule has 0 spiro atoms. The normalized spacial score (nSPS) is 16.1. The Labute approximate surface area is 159 Å². The summed E-state index contributed by atoms with van der Waals surface area (Å²) in [5.41, 5.74) is 1.74. The monoisotopic (exact) mass is 388 g/mol. The standard InChI is InChI=1S/C18H14Cl2N4O2/c19-13-4-2-1-3-12(13)9-26-16-6-5-11(7-14(16)20)15-8-17(25)23-18-21-10-22-24(15)18/h1-7,10,15H,8-9H2,(H,21,22,23,25). The maximum absolute atomic E-state index is 11.9. The molecule has 8 heteroatoms. The lowest BCUT2D eigenvalue weighted by atomic mass is 10.0. The number of carbonyl (C=O) groups is 1. The van der Waals surface area contributed by atoms with E-state index in [0.717, 1.165) is 11.1 Å². The van der Waals surface area contributed by atoms with E-state index in [4.69, 9.17) is 27.9 Å². The van der Waals surface area contributed by atoms with E-state index in [1.165, 1.54) is 6.33 Å². The van der Waals surface area contributed by atoms with Crippen LogP contribution in [0, 0.1) is 0 Å². The second-order valence-electron chi connectivity index (χ2n) is 5.87. The molecular weight excluding hydrogens is 375 g/mol. The second kappa shape index (κ2) is 6.97. The average Bonchev–Trinajstić information content (AvgIpc) is 3.09. The van der Waals surface area contributed by atoms with Crippen LogP contribution in [0.3, 0.4) is 0 Å². The second-order valence-corrected chi connectivity index (χ2v) is 6.68. The fourth-order valence-electron chi connectivity index (χ4n) is 2.88. The van der Waals surface area contributed by atoms with Crippen LogP contribution in [0.4, 0.5) is 5.95 Å². The highest BCUT2D eigenvalue weighted by Gasteiger charge is 2.28. The fourth-order valence-corrected chi connectivity index (χ4v) is 3.31. The number of rotatable bonds is 4. The summed E-state index contributed by atoms with van der Waals surface area (Å²) >= 11 is 12.5. The molecule has 1 aliphatic rings. The summed E-state index contributed by atoms with van der Waals surface area (Å²) in [7, 11) is 0. The molecule has 0 fully saturated rings. The van der Waals surface area contributed by atoms with Crippen LogP contribution >= 0.6 is 23.2 Å². The molecule has 0 bridgehead atoms. The number of carbonyl (C=O) groups excluding carboxylic acids is 1. The van der Waals surface area contributed by atoms with Gasteiger partial charge in [-0.25, -0.2) is 4.68 Å². The topological polar surface area (TPSA) is 69.0 Å². The molecule has 1 aliphatic heterocycles. The van der Waals surface area contributed by atoms with Crippen LogP contribution in [0.15, 0.2) is 48.8 Å². The number of hydrogen-bond donors (Lipinski definition) is 1. The lowest BCUT2D eigenvalue weighted by Crippen LogP contribution is -2.29. The Hall–Kier alpha value is -2.57. The molecule has 3 aromatic rings. The van der Waals surface area contributed by atoms with E-state index in [9.17, 15) is 4.79 Å². The van der Waals surface area contributed by atoms with Gasteiger partial charge in [-0.3, -0.25) is 10.1 Å². The van der Waals surface area contributed by atoms with Crippen LogP contribution in [0.5, 0.6) is 5.75 Å². The van der Waals surface area contributed by atoms with E-state index < -0.39 is 0 Å². The summed E-state index contributed by atoms with van der Waals surface area (Å²) in [5, 5.41) is 7.98. The van der Waals surface area contributed by atoms with Gasteiger partial charge in [-0.15, -0.1) is 0 Å². The van der Waals surface area contributed by atoms with Gasteiger partial charge in [0.05, 0.1) is 17.5 Å². The third kappa shape index (κ3) is 3.25. The zero-order valence-electron chi connectivity index (χ0n) is 13.5. The summed E-state index contributed by atoms with van der Waals surface area (Å²) in [6.45, 7) is 0.317. The van der Waals surface area contributed by atoms with Crippen LogP contribution < -0.4 is 10.1 Å². The minimum absolute atomic E-state index is 0.106. The third-order valence-corrected chi connectivity index (χ3v) is 4.84. The maximum Gasteiger partial charge on any atom is 0.229 e. The number of nitrogens with zero attached hydrogens (tertiary/aromatic N) is 3. The maximum atomic E-state index is 11.9. The molecule has 2 aromatic carbocycles. The van der Waals surface area contributed by atoms with Crippen LogP contribution in [0.25, 0.3) is 0 Å². The smallest absolute Gasteiger partial charge is 0.229 e. The predicted octanol–water partition coefficient (Wildman–Crippen LogP) is 4.10. The van der Waals surface area contributed by atoms with Gasteiger partial charge in [-0.2, -0.15) is 10.1 Å². The number of hydrogen-bond acceptors (Lipinski definition) is 4. The zero-order chi connectivity index (χ0) is 18.1. The molecule has 6 nitrogen and oxygen atoms in total. The number of ether oxygens (including phenoxy) is 1. The highest BCUT2D eigenvalue weighted by Crippen LogP contribution is 2.34. The van der Waals surface area contributed by atoms with E-state index in [1.54, 1.807) is 16.8 Å². The molecule has 2 heterocycles. The van der Waals surface area contributed by atoms with Gasteiger partial charge in [0, 0.05) is 10.6 Å². The Kier molecular flexibility index (Phi) is 4.53. The highest BCUT2D eigenvalue weighted by molar-refractivity contribution is 6.32. The molecule has 26 heavy (non-hydrogen) atoms. The first-order valence-electron chi connectivity index (χ1n) is 7.97. The average molecular weight is 389 g/mol. The predicted molar refractivity (Wildman–Crippen MR) is 98.6 cm³/mol. The summed E-state index contributed by atoms with van der Waals surface area (Å²) in [4.78, 5) is 15.9. The Morgan fingerprint density at radius 2 is 2.04 bits per heavy atom. The number of nitrogens with one attached hydrogen (secondary N) is 1. The lowest BCUT2D eigenvalue weighted by Gasteiger charge is -2.24. The first-order valence-corrected chi connectivity index (χ1v) is 8.72. The van der Waals surface area contributed by atoms with Crippen molar-refractivity contribution in [2.24, 2.45) is 0 Å². The fraction of sp³-hybridized carbons (Fsp3) is 0.167. The largest absolute Gasteiger partial charge is 0.487 e. The molecule has 0 radical (unpaired) electrons. The quantitative estimate of drug-likeness (QED) is 0.730. The van der Waals surface area contributed by atoms with E-state index in [-0.39, 0.29) is 18.4 Å². The van der Waals surface area contributed by atoms with E-state index in [0.29, 0.717) is 28.3 Å². The molecule has 0 aliphatic carbocycles. The molecule has 132 valence electrons. The number of amides is 1. The van der Waals surface area contributed by atoms with Crippen molar-refractivity contribution in [1.82, 2.24) is 14.8 Å². The summed E-state index contributed by atoms with van der Waals surface area (Å²) in [5.74, 6) is 0.876. The molecule has 4 rings (SSSR count). The minimum atomic E-state index is -0.253. The van der Waals surface area contributed by atoms with Gasteiger partial charge in [-0.05, 0) is 23.8 Å². The Bertz CT molecular complexity index is 973.